The number of benzene rings is 2. The maximum Gasteiger partial charge on any atom is 0.305 e. The van der Waals surface area contributed by atoms with Crippen LogP contribution in [0.25, 0.3) is 0 Å². The minimum Gasteiger partial charge on any atom is -0.486 e. The molecule has 0 spiro atoms. The van der Waals surface area contributed by atoms with Crippen molar-refractivity contribution in [3.8, 4) is 5.75 Å². The molecule has 2 aromatic carbocycles. The number of rotatable bonds is 7. The predicted octanol–water partition coefficient (Wildman–Crippen LogP) is 6.60. The normalized spacial score (nSPS) is 18.0. The average Bonchev–Trinajstić information content (AvgIpc) is 2.86. The van der Waals surface area contributed by atoms with Gasteiger partial charge in [-0.15, -0.1) is 0 Å². The zero-order chi connectivity index (χ0) is 27.0. The number of halogens is 3. The van der Waals surface area contributed by atoms with Gasteiger partial charge in [-0.1, -0.05) is 35.3 Å². The topological polar surface area (TPSA) is 83.9 Å². The number of hydrogen-bond donors (Lipinski definition) is 1. The lowest BCUT2D eigenvalue weighted by atomic mass is 9.71. The van der Waals surface area contributed by atoms with Gasteiger partial charge in [0.05, 0.1) is 16.5 Å². The van der Waals surface area contributed by atoms with Crippen LogP contribution in [0.3, 0.4) is 0 Å². The number of allylic oxidation sites excluding steroid dienone is 4. The van der Waals surface area contributed by atoms with Crippen LogP contribution in [-0.2, 0) is 21.0 Å². The van der Waals surface area contributed by atoms with Crippen molar-refractivity contribution < 1.29 is 28.6 Å². The summed E-state index contributed by atoms with van der Waals surface area (Å²) in [5.74, 6) is -1.83. The van der Waals surface area contributed by atoms with Crippen LogP contribution in [0, 0.1) is 5.82 Å². The van der Waals surface area contributed by atoms with Crippen molar-refractivity contribution in [2.24, 2.45) is 0 Å². The van der Waals surface area contributed by atoms with Gasteiger partial charge < -0.3 is 14.7 Å². The van der Waals surface area contributed by atoms with Gasteiger partial charge in [-0.3, -0.25) is 14.4 Å². The Morgan fingerprint density at radius 2 is 1.58 bits per heavy atom. The Hall–Kier alpha value is -3.16. The van der Waals surface area contributed by atoms with E-state index in [-0.39, 0.29) is 52.8 Å². The Balaban J connectivity index is 1.57. The Labute approximate surface area is 229 Å². The lowest BCUT2D eigenvalue weighted by molar-refractivity contribution is -0.137. The molecule has 0 unspecified atom stereocenters. The Bertz CT molecular complexity index is 1330. The summed E-state index contributed by atoms with van der Waals surface area (Å²) in [5, 5.41) is 9.77. The van der Waals surface area contributed by atoms with E-state index in [2.05, 4.69) is 0 Å². The van der Waals surface area contributed by atoms with Crippen LogP contribution in [-0.4, -0.2) is 34.1 Å². The lowest BCUT2D eigenvalue weighted by Crippen LogP contribution is -2.39. The predicted molar refractivity (Wildman–Crippen MR) is 141 cm³/mol. The van der Waals surface area contributed by atoms with Crippen molar-refractivity contribution in [1.82, 2.24) is 4.90 Å². The molecule has 0 aromatic heterocycles. The summed E-state index contributed by atoms with van der Waals surface area (Å²) in [5.41, 5.74) is 3.85. The molecule has 0 amide bonds. The van der Waals surface area contributed by atoms with Gasteiger partial charge in [0, 0.05) is 47.8 Å². The second kappa shape index (κ2) is 10.9. The van der Waals surface area contributed by atoms with Crippen LogP contribution in [0.1, 0.15) is 62.0 Å². The fourth-order valence-corrected chi connectivity index (χ4v) is 6.31. The van der Waals surface area contributed by atoms with Crippen LogP contribution in [0.15, 0.2) is 58.9 Å². The number of ketones is 2. The largest absolute Gasteiger partial charge is 0.486 e. The molecule has 0 fully saturated rings. The molecule has 6 nitrogen and oxygen atoms in total. The maximum atomic E-state index is 13.6. The maximum absolute atomic E-state index is 13.6. The van der Waals surface area contributed by atoms with Crippen LogP contribution < -0.4 is 4.74 Å². The van der Waals surface area contributed by atoms with Crippen molar-refractivity contribution >= 4 is 40.7 Å². The van der Waals surface area contributed by atoms with Crippen LogP contribution in [0.4, 0.5) is 4.39 Å². The van der Waals surface area contributed by atoms with Crippen LogP contribution >= 0.6 is 23.2 Å². The van der Waals surface area contributed by atoms with Crippen molar-refractivity contribution in [3.05, 3.63) is 85.9 Å². The van der Waals surface area contributed by atoms with Gasteiger partial charge >= 0.3 is 5.97 Å². The molecule has 0 bridgehead atoms. The number of nitrogens with zero attached hydrogens (tertiary/aromatic N) is 1. The minimum absolute atomic E-state index is 0.0554. The second-order valence-corrected chi connectivity index (χ2v) is 10.5. The van der Waals surface area contributed by atoms with E-state index in [1.54, 1.807) is 24.3 Å². The Kier molecular flexibility index (Phi) is 7.59. The van der Waals surface area contributed by atoms with E-state index in [9.17, 15) is 23.9 Å². The molecular weight excluding hydrogens is 532 g/mol. The third kappa shape index (κ3) is 5.09. The molecule has 9 heteroatoms. The first-order valence-electron chi connectivity index (χ1n) is 12.6. The summed E-state index contributed by atoms with van der Waals surface area (Å²) in [6.07, 6.45) is 3.19. The smallest absolute Gasteiger partial charge is 0.305 e. The molecule has 0 saturated carbocycles. The molecule has 38 heavy (non-hydrogen) atoms. The van der Waals surface area contributed by atoms with E-state index in [4.69, 9.17) is 27.9 Å². The van der Waals surface area contributed by atoms with Gasteiger partial charge in [0.15, 0.2) is 17.3 Å². The van der Waals surface area contributed by atoms with Crippen molar-refractivity contribution in [2.75, 3.05) is 6.54 Å². The van der Waals surface area contributed by atoms with Crippen molar-refractivity contribution in [1.29, 1.82) is 0 Å². The van der Waals surface area contributed by atoms with E-state index >= 15 is 0 Å². The number of aliphatic carboxylic acids is 1. The zero-order valence-electron chi connectivity index (χ0n) is 20.6. The first-order valence-corrected chi connectivity index (χ1v) is 13.4. The first-order chi connectivity index (χ1) is 18.2. The van der Waals surface area contributed by atoms with Crippen molar-refractivity contribution in [3.63, 3.8) is 0 Å². The molecule has 2 aliphatic carbocycles. The molecular formula is C29H26Cl2FNO5. The summed E-state index contributed by atoms with van der Waals surface area (Å²) in [6, 6.07) is 9.36. The SMILES string of the molecule is O=C(O)CCN1C2=C(C(=O)CCC2)C(c2cc(Cl)c(OCc3cccc(F)c3)c(Cl)c2)C2=C1CCCC2=O. The zero-order valence-corrected chi connectivity index (χ0v) is 22.1. The number of Topliss-reactive ketones (excluding diaryl/α,β-unsaturated/α-hetero) is 2. The summed E-state index contributed by atoms with van der Waals surface area (Å²) in [7, 11) is 0. The highest BCUT2D eigenvalue weighted by Gasteiger charge is 2.43. The van der Waals surface area contributed by atoms with E-state index in [1.807, 2.05) is 4.90 Å². The molecule has 1 aliphatic heterocycles. The van der Waals surface area contributed by atoms with Gasteiger partial charge in [0.2, 0.25) is 0 Å². The molecule has 198 valence electrons. The number of carboxylic acid groups (broad SMARTS) is 1. The fourth-order valence-electron chi connectivity index (χ4n) is 5.69. The van der Waals surface area contributed by atoms with E-state index in [0.29, 0.717) is 60.8 Å². The number of carboxylic acids is 1. The Morgan fingerprint density at radius 1 is 0.974 bits per heavy atom. The summed E-state index contributed by atoms with van der Waals surface area (Å²) in [6.45, 7) is 0.259. The molecule has 3 aliphatic rings. The highest BCUT2D eigenvalue weighted by molar-refractivity contribution is 6.37. The molecule has 5 rings (SSSR count). The highest BCUT2D eigenvalue weighted by atomic mass is 35.5. The van der Waals surface area contributed by atoms with Gasteiger partial charge in [-0.25, -0.2) is 4.39 Å². The third-order valence-corrected chi connectivity index (χ3v) is 7.82. The summed E-state index contributed by atoms with van der Waals surface area (Å²) in [4.78, 5) is 40.0. The molecule has 1 N–H and O–H groups in total. The van der Waals surface area contributed by atoms with Gasteiger partial charge in [0.25, 0.3) is 0 Å². The van der Waals surface area contributed by atoms with Crippen molar-refractivity contribution in [2.45, 2.75) is 57.5 Å². The van der Waals surface area contributed by atoms with Gasteiger partial charge in [0.1, 0.15) is 12.4 Å². The minimum atomic E-state index is -0.937. The Morgan fingerprint density at radius 3 is 2.13 bits per heavy atom. The first kappa shape index (κ1) is 26.4. The number of carbonyl (C=O) groups is 3. The monoisotopic (exact) mass is 557 g/mol. The van der Waals surface area contributed by atoms with Gasteiger partial charge in [-0.2, -0.15) is 0 Å². The highest BCUT2D eigenvalue weighted by Crippen LogP contribution is 2.50. The fraction of sp³-hybridized carbons (Fsp3) is 0.345. The second-order valence-electron chi connectivity index (χ2n) is 9.73. The number of carbonyl (C=O) groups excluding carboxylic acids is 2. The molecule has 0 atom stereocenters. The van der Waals surface area contributed by atoms with E-state index in [1.165, 1.54) is 12.1 Å². The number of ether oxygens (including phenoxy) is 1. The van der Waals surface area contributed by atoms with Crippen LogP contribution in [0.5, 0.6) is 5.75 Å². The average molecular weight is 558 g/mol. The van der Waals surface area contributed by atoms with E-state index < -0.39 is 11.9 Å². The standard InChI is InChI=1S/C29H26Cl2FNO5/c30-19-13-17(14-20(31)29(19)38-15-16-4-1-5-18(32)12-16)26-27-21(6-2-8-23(27)34)33(11-10-25(36)37)22-7-3-9-24(35)28(22)26/h1,4-5,12-14,26H,2-3,6-11,15H2,(H,36,37). The molecule has 1 heterocycles. The van der Waals surface area contributed by atoms with Crippen LogP contribution in [0.2, 0.25) is 10.0 Å². The molecule has 0 saturated heterocycles. The lowest BCUT2D eigenvalue weighted by Gasteiger charge is -2.44. The van der Waals surface area contributed by atoms with Gasteiger partial charge in [-0.05, 0) is 61.1 Å². The molecule has 2 aromatic rings. The third-order valence-electron chi connectivity index (χ3n) is 7.26. The molecule has 0 radical (unpaired) electrons. The number of hydrogen-bond acceptors (Lipinski definition) is 5. The summed E-state index contributed by atoms with van der Waals surface area (Å²) < 4.78 is 19.4. The summed E-state index contributed by atoms with van der Waals surface area (Å²) >= 11 is 13.3. The quantitative estimate of drug-likeness (QED) is 0.413. The van der Waals surface area contributed by atoms with E-state index in [0.717, 1.165) is 11.4 Å².